The molecular formula is C24H22ClN5O3. The molecule has 2 aromatic carbocycles. The van der Waals surface area contributed by atoms with Crippen LogP contribution in [0, 0.1) is 0 Å². The van der Waals surface area contributed by atoms with Crippen molar-refractivity contribution in [1.29, 1.82) is 0 Å². The predicted octanol–water partition coefficient (Wildman–Crippen LogP) is 4.19. The third-order valence-corrected chi connectivity index (χ3v) is 6.09. The van der Waals surface area contributed by atoms with Gasteiger partial charge in [0, 0.05) is 42.4 Å². The summed E-state index contributed by atoms with van der Waals surface area (Å²) in [6, 6.07) is 9.32. The number of nitrogens with zero attached hydrogens (tertiary/aromatic N) is 5. The highest BCUT2D eigenvalue weighted by Crippen LogP contribution is 2.36. The van der Waals surface area contributed by atoms with Crippen LogP contribution in [-0.4, -0.2) is 56.6 Å². The van der Waals surface area contributed by atoms with Gasteiger partial charge in [-0.05, 0) is 30.3 Å². The molecule has 4 aromatic rings. The van der Waals surface area contributed by atoms with Gasteiger partial charge in [0.15, 0.2) is 11.5 Å². The molecule has 8 nitrogen and oxygen atoms in total. The Balaban J connectivity index is 1.51. The van der Waals surface area contributed by atoms with Crippen LogP contribution in [0.3, 0.4) is 0 Å². The van der Waals surface area contributed by atoms with Crippen LogP contribution in [0.4, 0.5) is 0 Å². The van der Waals surface area contributed by atoms with Crippen LogP contribution < -0.4 is 9.47 Å². The molecule has 1 saturated heterocycles. The number of fused-ring (bicyclic) bond motifs is 2. The Morgan fingerprint density at radius 1 is 1.12 bits per heavy atom. The van der Waals surface area contributed by atoms with Crippen LogP contribution >= 0.6 is 11.6 Å². The van der Waals surface area contributed by atoms with Crippen molar-refractivity contribution in [2.45, 2.75) is 18.9 Å². The first kappa shape index (κ1) is 21.2. The molecule has 5 rings (SSSR count). The number of aromatic nitrogens is 4. The number of imidazole rings is 1. The Morgan fingerprint density at radius 2 is 1.94 bits per heavy atom. The summed E-state index contributed by atoms with van der Waals surface area (Å²) in [4.78, 5) is 27.1. The van der Waals surface area contributed by atoms with Crippen LogP contribution in [0.5, 0.6) is 11.5 Å². The van der Waals surface area contributed by atoms with Crippen LogP contribution in [0.1, 0.15) is 12.8 Å². The molecule has 168 valence electrons. The Bertz CT molecular complexity index is 1360. The van der Waals surface area contributed by atoms with Gasteiger partial charge in [0.25, 0.3) is 0 Å². The number of likely N-dealkylation sites (tertiary alicyclic amines) is 1. The molecule has 0 saturated carbocycles. The van der Waals surface area contributed by atoms with Crippen molar-refractivity contribution in [1.82, 2.24) is 24.4 Å². The van der Waals surface area contributed by atoms with Gasteiger partial charge in [-0.25, -0.2) is 15.0 Å². The lowest BCUT2D eigenvalue weighted by molar-refractivity contribution is -0.127. The topological polar surface area (TPSA) is 82.4 Å². The highest BCUT2D eigenvalue weighted by molar-refractivity contribution is 6.31. The molecule has 0 atom stereocenters. The summed E-state index contributed by atoms with van der Waals surface area (Å²) in [6.45, 7) is 4.82. The van der Waals surface area contributed by atoms with E-state index < -0.39 is 0 Å². The third kappa shape index (κ3) is 3.98. The number of carbonyl (C=O) groups excluding carboxylic acids is 1. The lowest BCUT2D eigenvalue weighted by atomic mass is 10.1. The number of hydrogen-bond acceptors (Lipinski definition) is 6. The maximum Gasteiger partial charge on any atom is 0.245 e. The second-order valence-corrected chi connectivity index (χ2v) is 8.25. The van der Waals surface area contributed by atoms with Gasteiger partial charge < -0.3 is 14.4 Å². The number of benzene rings is 2. The van der Waals surface area contributed by atoms with Crippen molar-refractivity contribution < 1.29 is 14.3 Å². The Hall–Kier alpha value is -3.65. The van der Waals surface area contributed by atoms with Gasteiger partial charge in [-0.1, -0.05) is 18.2 Å². The molecule has 1 fully saturated rings. The molecule has 0 radical (unpaired) electrons. The SMILES string of the molecule is C=CC(=O)N1CCC(Oc2cc3c(-n4cnc5cc(Cl)ccc54)ncnc3cc2OC)CC1. The van der Waals surface area contributed by atoms with Crippen LogP contribution in [-0.2, 0) is 4.79 Å². The average Bonchev–Trinajstić information content (AvgIpc) is 3.26. The minimum Gasteiger partial charge on any atom is -0.493 e. The first-order chi connectivity index (χ1) is 16.1. The fourth-order valence-corrected chi connectivity index (χ4v) is 4.32. The lowest BCUT2D eigenvalue weighted by Crippen LogP contribution is -2.41. The first-order valence-corrected chi connectivity index (χ1v) is 11.0. The molecule has 9 heteroatoms. The number of rotatable bonds is 5. The van der Waals surface area contributed by atoms with Crippen molar-refractivity contribution in [3.8, 4) is 17.3 Å². The lowest BCUT2D eigenvalue weighted by Gasteiger charge is -2.31. The molecule has 3 heterocycles. The van der Waals surface area contributed by atoms with Crippen molar-refractivity contribution in [2.75, 3.05) is 20.2 Å². The number of ether oxygens (including phenoxy) is 2. The van der Waals surface area contributed by atoms with E-state index in [1.165, 1.54) is 12.4 Å². The molecule has 1 aliphatic rings. The summed E-state index contributed by atoms with van der Waals surface area (Å²) in [5.41, 5.74) is 2.39. The molecule has 0 N–H and O–H groups in total. The number of halogens is 1. The normalized spacial score (nSPS) is 14.5. The first-order valence-electron chi connectivity index (χ1n) is 10.6. The largest absolute Gasteiger partial charge is 0.493 e. The molecule has 0 unspecified atom stereocenters. The summed E-state index contributed by atoms with van der Waals surface area (Å²) < 4.78 is 13.8. The van der Waals surface area contributed by atoms with Gasteiger partial charge in [-0.3, -0.25) is 9.36 Å². The third-order valence-electron chi connectivity index (χ3n) is 5.86. The molecule has 1 aliphatic heterocycles. The van der Waals surface area contributed by atoms with E-state index >= 15 is 0 Å². The number of carbonyl (C=O) groups is 1. The molecule has 2 aromatic heterocycles. The minimum atomic E-state index is -0.0487. The zero-order chi connectivity index (χ0) is 22.9. The minimum absolute atomic E-state index is 0.0329. The maximum atomic E-state index is 11.9. The zero-order valence-corrected chi connectivity index (χ0v) is 18.8. The molecule has 0 spiro atoms. The summed E-state index contributed by atoms with van der Waals surface area (Å²) in [5.74, 6) is 1.84. The smallest absolute Gasteiger partial charge is 0.245 e. The number of hydrogen-bond donors (Lipinski definition) is 0. The van der Waals surface area contributed by atoms with E-state index in [9.17, 15) is 4.79 Å². The molecule has 0 bridgehead atoms. The van der Waals surface area contributed by atoms with Crippen molar-refractivity contribution in [3.63, 3.8) is 0 Å². The fourth-order valence-electron chi connectivity index (χ4n) is 4.15. The second kappa shape index (κ2) is 8.71. The molecular weight excluding hydrogens is 442 g/mol. The van der Waals surface area contributed by atoms with Gasteiger partial charge in [0.1, 0.15) is 24.6 Å². The zero-order valence-electron chi connectivity index (χ0n) is 18.1. The average molecular weight is 464 g/mol. The van der Waals surface area contributed by atoms with E-state index in [-0.39, 0.29) is 12.0 Å². The molecule has 1 amide bonds. The maximum absolute atomic E-state index is 11.9. The number of amides is 1. The number of methoxy groups -OCH3 is 1. The summed E-state index contributed by atoms with van der Waals surface area (Å²) in [6.07, 6.45) is 6.01. The van der Waals surface area contributed by atoms with Gasteiger partial charge in [-0.2, -0.15) is 0 Å². The van der Waals surface area contributed by atoms with E-state index in [1.54, 1.807) is 18.3 Å². The van der Waals surface area contributed by atoms with Crippen LogP contribution in [0.15, 0.2) is 55.6 Å². The fraction of sp³-hybridized carbons (Fsp3) is 0.250. The van der Waals surface area contributed by atoms with Gasteiger partial charge in [-0.15, -0.1) is 0 Å². The Labute approximate surface area is 195 Å². The van der Waals surface area contributed by atoms with Crippen molar-refractivity contribution in [3.05, 3.63) is 60.7 Å². The van der Waals surface area contributed by atoms with Crippen molar-refractivity contribution in [2.24, 2.45) is 0 Å². The van der Waals surface area contributed by atoms with Gasteiger partial charge >= 0.3 is 0 Å². The van der Waals surface area contributed by atoms with Crippen LogP contribution in [0.25, 0.3) is 27.8 Å². The quantitative estimate of drug-likeness (QED) is 0.413. The Morgan fingerprint density at radius 3 is 2.70 bits per heavy atom. The highest BCUT2D eigenvalue weighted by Gasteiger charge is 2.24. The molecule has 33 heavy (non-hydrogen) atoms. The van der Waals surface area contributed by atoms with E-state index in [0.29, 0.717) is 35.4 Å². The van der Waals surface area contributed by atoms with Gasteiger partial charge in [0.05, 0.1) is 23.7 Å². The van der Waals surface area contributed by atoms with E-state index in [2.05, 4.69) is 21.5 Å². The standard InChI is InChI=1S/C24H22ClN5O3/c1-3-23(31)29-8-6-16(7-9-29)33-22-11-17-18(12-21(22)32-2)26-13-27-24(17)30-14-28-19-10-15(25)4-5-20(19)30/h3-5,10-14,16H,1,6-9H2,2H3. The Kier molecular flexibility index (Phi) is 5.60. The summed E-state index contributed by atoms with van der Waals surface area (Å²) >= 11 is 6.12. The molecule has 0 aliphatic carbocycles. The number of piperidine rings is 1. The predicted molar refractivity (Wildman–Crippen MR) is 126 cm³/mol. The highest BCUT2D eigenvalue weighted by atomic mass is 35.5. The monoisotopic (exact) mass is 463 g/mol. The van der Waals surface area contributed by atoms with Crippen LogP contribution in [0.2, 0.25) is 5.02 Å². The second-order valence-electron chi connectivity index (χ2n) is 7.81. The van der Waals surface area contributed by atoms with E-state index in [0.717, 1.165) is 34.8 Å². The summed E-state index contributed by atoms with van der Waals surface area (Å²) in [7, 11) is 1.61. The summed E-state index contributed by atoms with van der Waals surface area (Å²) in [5, 5.41) is 1.43. The van der Waals surface area contributed by atoms with E-state index in [1.807, 2.05) is 34.9 Å². The van der Waals surface area contributed by atoms with Gasteiger partial charge in [0.2, 0.25) is 5.91 Å². The van der Waals surface area contributed by atoms with E-state index in [4.69, 9.17) is 21.1 Å². The van der Waals surface area contributed by atoms with Crippen molar-refractivity contribution >= 4 is 39.4 Å².